The number of anilines is 1. The van der Waals surface area contributed by atoms with E-state index in [9.17, 15) is 9.59 Å². The lowest BCUT2D eigenvalue weighted by Gasteiger charge is -2.29. The zero-order chi connectivity index (χ0) is 22.2. The van der Waals surface area contributed by atoms with Gasteiger partial charge < -0.3 is 4.74 Å². The molecule has 3 atom stereocenters. The Morgan fingerprint density at radius 2 is 1.62 bits per heavy atom. The van der Waals surface area contributed by atoms with Crippen LogP contribution >= 0.6 is 15.9 Å². The standard InChI is InChI=1S/C25H21BrN2O4/c1-31-20-13-12-17(26)14-19(20)22-21-23(32-28(22)18-10-6-3-7-11-18)25(30)27(24(21)29)15-16-8-4-2-5-9-16/h2-14,21-23H,15H2,1H3/t21-,22-,23-/m1/s1. The Hall–Kier alpha value is -3.16. The van der Waals surface area contributed by atoms with Crippen molar-refractivity contribution in [1.82, 2.24) is 4.90 Å². The second-order valence-electron chi connectivity index (χ2n) is 7.79. The molecule has 0 N–H and O–H groups in total. The zero-order valence-corrected chi connectivity index (χ0v) is 18.9. The third-order valence-electron chi connectivity index (χ3n) is 5.91. The summed E-state index contributed by atoms with van der Waals surface area (Å²) in [6.07, 6.45) is -0.889. The van der Waals surface area contributed by atoms with E-state index in [4.69, 9.17) is 9.57 Å². The molecule has 2 aliphatic rings. The Labute approximate surface area is 194 Å². The SMILES string of the molecule is COc1ccc(Br)cc1[C@@H]1[C@H]2C(=O)N(Cc3ccccc3)C(=O)[C@@H]2ON1c1ccccc1. The van der Waals surface area contributed by atoms with Crippen molar-refractivity contribution >= 4 is 33.4 Å². The molecule has 0 unspecified atom stereocenters. The van der Waals surface area contributed by atoms with Crippen molar-refractivity contribution in [2.45, 2.75) is 18.7 Å². The number of ether oxygens (including phenoxy) is 1. The van der Waals surface area contributed by atoms with E-state index >= 15 is 0 Å². The average molecular weight is 493 g/mol. The molecule has 0 aromatic heterocycles. The fraction of sp³-hybridized carbons (Fsp3) is 0.200. The maximum atomic E-state index is 13.6. The van der Waals surface area contributed by atoms with Crippen molar-refractivity contribution in [3.05, 3.63) is 94.5 Å². The molecule has 162 valence electrons. The second kappa shape index (κ2) is 8.41. The van der Waals surface area contributed by atoms with Crippen LogP contribution in [0.5, 0.6) is 5.75 Å². The minimum Gasteiger partial charge on any atom is -0.496 e. The van der Waals surface area contributed by atoms with Gasteiger partial charge in [0, 0.05) is 10.0 Å². The van der Waals surface area contributed by atoms with Crippen molar-refractivity contribution < 1.29 is 19.2 Å². The molecule has 5 rings (SSSR count). The van der Waals surface area contributed by atoms with E-state index < -0.39 is 18.1 Å². The van der Waals surface area contributed by atoms with E-state index in [1.165, 1.54) is 4.90 Å². The highest BCUT2D eigenvalue weighted by atomic mass is 79.9. The average Bonchev–Trinajstić information content (AvgIpc) is 3.32. The Kier molecular flexibility index (Phi) is 5.45. The van der Waals surface area contributed by atoms with E-state index in [1.807, 2.05) is 78.9 Å². The van der Waals surface area contributed by atoms with Crippen LogP contribution in [0.2, 0.25) is 0 Å². The van der Waals surface area contributed by atoms with Crippen LogP contribution in [0.1, 0.15) is 17.2 Å². The molecule has 0 radical (unpaired) electrons. The van der Waals surface area contributed by atoms with Crippen LogP contribution in [-0.4, -0.2) is 29.9 Å². The molecule has 3 aromatic rings. The highest BCUT2D eigenvalue weighted by Gasteiger charge is 2.60. The summed E-state index contributed by atoms with van der Waals surface area (Å²) in [5.74, 6) is -0.615. The summed E-state index contributed by atoms with van der Waals surface area (Å²) < 4.78 is 6.47. The molecule has 2 amide bonds. The van der Waals surface area contributed by atoms with Gasteiger partial charge >= 0.3 is 0 Å². The van der Waals surface area contributed by atoms with Gasteiger partial charge in [0.25, 0.3) is 5.91 Å². The predicted octanol–water partition coefficient (Wildman–Crippen LogP) is 4.50. The molecule has 0 bridgehead atoms. The number of hydrogen-bond acceptors (Lipinski definition) is 5. The first kappa shape index (κ1) is 20.7. The van der Waals surface area contributed by atoms with Gasteiger partial charge in [0.05, 0.1) is 25.4 Å². The highest BCUT2D eigenvalue weighted by Crippen LogP contribution is 2.49. The summed E-state index contributed by atoms with van der Waals surface area (Å²) in [4.78, 5) is 34.4. The number of carbonyl (C=O) groups excluding carboxylic acids is 2. The third kappa shape index (κ3) is 3.47. The molecule has 0 spiro atoms. The Bertz CT molecular complexity index is 1160. The maximum absolute atomic E-state index is 13.6. The molecule has 3 aromatic carbocycles. The lowest BCUT2D eigenvalue weighted by atomic mass is 9.90. The smallest absolute Gasteiger partial charge is 0.262 e. The first-order chi connectivity index (χ1) is 15.6. The molecule has 6 nitrogen and oxygen atoms in total. The van der Waals surface area contributed by atoms with Crippen LogP contribution in [0.3, 0.4) is 0 Å². The van der Waals surface area contributed by atoms with E-state index in [0.29, 0.717) is 5.75 Å². The number of nitrogens with zero attached hydrogens (tertiary/aromatic N) is 2. The Balaban J connectivity index is 1.58. The van der Waals surface area contributed by atoms with Gasteiger partial charge in [-0.1, -0.05) is 64.5 Å². The molecule has 0 aliphatic carbocycles. The highest BCUT2D eigenvalue weighted by molar-refractivity contribution is 9.10. The molecular weight excluding hydrogens is 472 g/mol. The lowest BCUT2D eigenvalue weighted by molar-refractivity contribution is -0.143. The van der Waals surface area contributed by atoms with E-state index in [0.717, 1.165) is 21.3 Å². The van der Waals surface area contributed by atoms with Crippen molar-refractivity contribution in [2.75, 3.05) is 12.2 Å². The van der Waals surface area contributed by atoms with E-state index in [1.54, 1.807) is 12.2 Å². The fourth-order valence-electron chi connectivity index (χ4n) is 4.44. The minimum absolute atomic E-state index is 0.225. The fourth-order valence-corrected chi connectivity index (χ4v) is 4.82. The number of para-hydroxylation sites is 1. The summed E-state index contributed by atoms with van der Waals surface area (Å²) in [5, 5.41) is 1.68. The summed E-state index contributed by atoms with van der Waals surface area (Å²) in [6.45, 7) is 0.225. The second-order valence-corrected chi connectivity index (χ2v) is 8.71. The predicted molar refractivity (Wildman–Crippen MR) is 123 cm³/mol. The van der Waals surface area contributed by atoms with E-state index in [-0.39, 0.29) is 18.4 Å². The zero-order valence-electron chi connectivity index (χ0n) is 17.4. The molecule has 2 aliphatic heterocycles. The summed E-state index contributed by atoms with van der Waals surface area (Å²) in [6, 6.07) is 24.1. The molecule has 2 heterocycles. The summed E-state index contributed by atoms with van der Waals surface area (Å²) in [5.41, 5.74) is 2.44. The summed E-state index contributed by atoms with van der Waals surface area (Å²) in [7, 11) is 1.59. The number of imide groups is 1. The number of likely N-dealkylation sites (tertiary alicyclic amines) is 1. The topological polar surface area (TPSA) is 59.1 Å². The molecular formula is C25H21BrN2O4. The molecule has 32 heavy (non-hydrogen) atoms. The number of halogens is 1. The monoisotopic (exact) mass is 492 g/mol. The van der Waals surface area contributed by atoms with Crippen LogP contribution in [-0.2, 0) is 21.0 Å². The van der Waals surface area contributed by atoms with Gasteiger partial charge in [0.1, 0.15) is 11.7 Å². The number of hydroxylamine groups is 1. The largest absolute Gasteiger partial charge is 0.496 e. The number of methoxy groups -OCH3 is 1. The van der Waals surface area contributed by atoms with Gasteiger partial charge in [-0.05, 0) is 35.9 Å². The number of hydrogen-bond donors (Lipinski definition) is 0. The van der Waals surface area contributed by atoms with Gasteiger partial charge in [-0.25, -0.2) is 5.06 Å². The number of amides is 2. The van der Waals surface area contributed by atoms with Crippen molar-refractivity contribution in [2.24, 2.45) is 5.92 Å². The molecule has 2 fully saturated rings. The first-order valence-electron chi connectivity index (χ1n) is 10.3. The Morgan fingerprint density at radius 3 is 2.31 bits per heavy atom. The van der Waals surface area contributed by atoms with Crippen molar-refractivity contribution in [3.63, 3.8) is 0 Å². The third-order valence-corrected chi connectivity index (χ3v) is 6.40. The van der Waals surface area contributed by atoms with Gasteiger partial charge in [0.15, 0.2) is 6.10 Å². The molecule has 2 saturated heterocycles. The van der Waals surface area contributed by atoms with Gasteiger partial charge in [0.2, 0.25) is 5.91 Å². The van der Waals surface area contributed by atoms with Crippen LogP contribution in [0, 0.1) is 5.92 Å². The lowest BCUT2D eigenvalue weighted by Crippen LogP contribution is -2.37. The molecule has 0 saturated carbocycles. The first-order valence-corrected chi connectivity index (χ1v) is 11.1. The summed E-state index contributed by atoms with van der Waals surface area (Å²) >= 11 is 3.53. The van der Waals surface area contributed by atoms with Gasteiger partial charge in [-0.15, -0.1) is 0 Å². The van der Waals surface area contributed by atoms with Crippen LogP contribution in [0.4, 0.5) is 5.69 Å². The number of carbonyl (C=O) groups is 2. The molecule has 7 heteroatoms. The minimum atomic E-state index is -0.889. The van der Waals surface area contributed by atoms with Crippen molar-refractivity contribution in [3.8, 4) is 5.75 Å². The number of rotatable bonds is 5. The van der Waals surface area contributed by atoms with Crippen LogP contribution < -0.4 is 9.80 Å². The number of benzene rings is 3. The Morgan fingerprint density at radius 1 is 0.938 bits per heavy atom. The quantitative estimate of drug-likeness (QED) is 0.490. The van der Waals surface area contributed by atoms with Gasteiger partial charge in [-0.2, -0.15) is 0 Å². The number of fused-ring (bicyclic) bond motifs is 1. The maximum Gasteiger partial charge on any atom is 0.262 e. The van der Waals surface area contributed by atoms with E-state index in [2.05, 4.69) is 15.9 Å². The van der Waals surface area contributed by atoms with Crippen molar-refractivity contribution in [1.29, 1.82) is 0 Å². The van der Waals surface area contributed by atoms with Crippen LogP contribution in [0.25, 0.3) is 0 Å². The normalized spacial score (nSPS) is 22.4. The van der Waals surface area contributed by atoms with Crippen LogP contribution in [0.15, 0.2) is 83.3 Å². The van der Waals surface area contributed by atoms with Gasteiger partial charge in [-0.3, -0.25) is 19.3 Å².